The molecular weight excluding hydrogens is 361 g/mol. The fourth-order valence-electron chi connectivity index (χ4n) is 1.98. The molecule has 0 aromatic heterocycles. The summed E-state index contributed by atoms with van der Waals surface area (Å²) in [5, 5.41) is 4.99. The molecule has 0 aliphatic rings. The number of benzene rings is 2. The molecule has 0 aliphatic carbocycles. The molecule has 7 nitrogen and oxygen atoms in total. The highest BCUT2D eigenvalue weighted by Crippen LogP contribution is 2.14. The average Bonchev–Trinajstić information content (AvgIpc) is 2.60. The van der Waals surface area contributed by atoms with Crippen molar-refractivity contribution in [1.29, 1.82) is 0 Å². The topological polar surface area (TPSA) is 104 Å². The summed E-state index contributed by atoms with van der Waals surface area (Å²) in [5.74, 6) is -1.34. The third kappa shape index (κ3) is 5.64. The molecule has 0 spiro atoms. The van der Waals surface area contributed by atoms with E-state index in [9.17, 15) is 22.4 Å². The fraction of sp³-hybridized carbons (Fsp3) is 0.176. The number of carbonyl (C=O) groups is 2. The summed E-state index contributed by atoms with van der Waals surface area (Å²) < 4.78 is 39.6. The van der Waals surface area contributed by atoms with Crippen LogP contribution in [-0.4, -0.2) is 26.8 Å². The number of rotatable bonds is 7. The Morgan fingerprint density at radius 3 is 2.23 bits per heavy atom. The predicted molar refractivity (Wildman–Crippen MR) is 95.6 cm³/mol. The number of nitrogens with one attached hydrogen (secondary N) is 3. The lowest BCUT2D eigenvalue weighted by Gasteiger charge is -2.09. The predicted octanol–water partition coefficient (Wildman–Crippen LogP) is 2.09. The maximum absolute atomic E-state index is 13.1. The largest absolute Gasteiger partial charge is 0.326 e. The summed E-state index contributed by atoms with van der Waals surface area (Å²) >= 11 is 0. The molecule has 2 aromatic rings. The standard InChI is InChI=1S/C17H18FN3O4S/c1-2-16(22)20-13-6-8-15(9-7-13)26(24,25)19-11-17(23)21-14-5-3-4-12(18)10-14/h3-10,19H,2,11H2,1H3,(H,20,22)(H,21,23). The number of anilines is 2. The van der Waals surface area contributed by atoms with E-state index in [4.69, 9.17) is 0 Å². The zero-order valence-corrected chi connectivity index (χ0v) is 14.8. The van der Waals surface area contributed by atoms with Gasteiger partial charge in [-0.15, -0.1) is 0 Å². The van der Waals surface area contributed by atoms with Gasteiger partial charge in [-0.05, 0) is 42.5 Å². The smallest absolute Gasteiger partial charge is 0.241 e. The molecule has 0 atom stereocenters. The minimum atomic E-state index is -3.90. The van der Waals surface area contributed by atoms with Crippen LogP contribution in [0.2, 0.25) is 0 Å². The Morgan fingerprint density at radius 1 is 0.962 bits per heavy atom. The molecule has 2 rings (SSSR count). The van der Waals surface area contributed by atoms with Gasteiger partial charge in [0, 0.05) is 17.8 Å². The number of hydrogen-bond donors (Lipinski definition) is 3. The van der Waals surface area contributed by atoms with Crippen molar-refractivity contribution in [3.8, 4) is 0 Å². The monoisotopic (exact) mass is 379 g/mol. The molecule has 2 amide bonds. The van der Waals surface area contributed by atoms with Gasteiger partial charge in [0.15, 0.2) is 0 Å². The van der Waals surface area contributed by atoms with Gasteiger partial charge in [-0.25, -0.2) is 17.5 Å². The third-order valence-corrected chi connectivity index (χ3v) is 4.72. The van der Waals surface area contributed by atoms with E-state index in [-0.39, 0.29) is 16.5 Å². The second kappa shape index (κ2) is 8.54. The van der Waals surface area contributed by atoms with E-state index in [2.05, 4.69) is 15.4 Å². The van der Waals surface area contributed by atoms with Gasteiger partial charge in [0.1, 0.15) is 5.82 Å². The van der Waals surface area contributed by atoms with Crippen LogP contribution < -0.4 is 15.4 Å². The number of amides is 2. The minimum Gasteiger partial charge on any atom is -0.326 e. The highest BCUT2D eigenvalue weighted by molar-refractivity contribution is 7.89. The first-order valence-corrected chi connectivity index (χ1v) is 9.23. The Balaban J connectivity index is 1.95. The number of halogens is 1. The molecule has 0 saturated carbocycles. The molecule has 0 heterocycles. The first-order valence-electron chi connectivity index (χ1n) is 7.75. The van der Waals surface area contributed by atoms with Gasteiger partial charge in [-0.1, -0.05) is 13.0 Å². The van der Waals surface area contributed by atoms with Crippen LogP contribution in [0.25, 0.3) is 0 Å². The third-order valence-electron chi connectivity index (χ3n) is 3.30. The van der Waals surface area contributed by atoms with Crippen molar-refractivity contribution in [1.82, 2.24) is 4.72 Å². The highest BCUT2D eigenvalue weighted by atomic mass is 32.2. The van der Waals surface area contributed by atoms with Crippen LogP contribution in [0.5, 0.6) is 0 Å². The van der Waals surface area contributed by atoms with Gasteiger partial charge in [0.05, 0.1) is 11.4 Å². The maximum atomic E-state index is 13.1. The van der Waals surface area contributed by atoms with E-state index < -0.39 is 28.3 Å². The Kier molecular flexibility index (Phi) is 6.42. The maximum Gasteiger partial charge on any atom is 0.241 e. The number of carbonyl (C=O) groups excluding carboxylic acids is 2. The summed E-state index contributed by atoms with van der Waals surface area (Å²) in [5.41, 5.74) is 0.699. The number of sulfonamides is 1. The Hall–Kier alpha value is -2.78. The zero-order chi connectivity index (χ0) is 19.2. The molecule has 0 saturated heterocycles. The first kappa shape index (κ1) is 19.5. The first-order chi connectivity index (χ1) is 12.3. The van der Waals surface area contributed by atoms with Crippen LogP contribution in [0.3, 0.4) is 0 Å². The van der Waals surface area contributed by atoms with Crippen molar-refractivity contribution in [2.75, 3.05) is 17.2 Å². The van der Waals surface area contributed by atoms with Crippen LogP contribution in [-0.2, 0) is 19.6 Å². The molecule has 9 heteroatoms. The van der Waals surface area contributed by atoms with Crippen molar-refractivity contribution in [3.05, 3.63) is 54.3 Å². The molecular formula is C17H18FN3O4S. The Bertz CT molecular complexity index is 898. The zero-order valence-electron chi connectivity index (χ0n) is 14.0. The Morgan fingerprint density at radius 2 is 1.62 bits per heavy atom. The summed E-state index contributed by atoms with van der Waals surface area (Å²) in [6.45, 7) is 1.19. The second-order valence-corrected chi connectivity index (χ2v) is 7.08. The van der Waals surface area contributed by atoms with Crippen LogP contribution in [0, 0.1) is 5.82 Å². The molecule has 0 aliphatic heterocycles. The molecule has 0 radical (unpaired) electrons. The quantitative estimate of drug-likeness (QED) is 0.685. The molecule has 2 aromatic carbocycles. The van der Waals surface area contributed by atoms with Gasteiger partial charge in [-0.2, -0.15) is 0 Å². The summed E-state index contributed by atoms with van der Waals surface area (Å²) in [7, 11) is -3.90. The fourth-order valence-corrected chi connectivity index (χ4v) is 2.96. The lowest BCUT2D eigenvalue weighted by molar-refractivity contribution is -0.116. The minimum absolute atomic E-state index is 0.0504. The second-order valence-electron chi connectivity index (χ2n) is 5.31. The summed E-state index contributed by atoms with van der Waals surface area (Å²) in [4.78, 5) is 23.1. The van der Waals surface area contributed by atoms with Gasteiger partial charge in [-0.3, -0.25) is 9.59 Å². The van der Waals surface area contributed by atoms with Gasteiger partial charge >= 0.3 is 0 Å². The van der Waals surface area contributed by atoms with Crippen molar-refractivity contribution in [2.45, 2.75) is 18.2 Å². The highest BCUT2D eigenvalue weighted by Gasteiger charge is 2.15. The lowest BCUT2D eigenvalue weighted by atomic mass is 10.3. The lowest BCUT2D eigenvalue weighted by Crippen LogP contribution is -2.32. The van der Waals surface area contributed by atoms with Crippen LogP contribution in [0.1, 0.15) is 13.3 Å². The molecule has 0 fully saturated rings. The van der Waals surface area contributed by atoms with Crippen molar-refractivity contribution in [3.63, 3.8) is 0 Å². The van der Waals surface area contributed by atoms with E-state index in [1.807, 2.05) is 0 Å². The van der Waals surface area contributed by atoms with E-state index in [0.29, 0.717) is 12.1 Å². The Labute approximate surface area is 150 Å². The van der Waals surface area contributed by atoms with E-state index in [0.717, 1.165) is 6.07 Å². The normalized spacial score (nSPS) is 11.0. The SMILES string of the molecule is CCC(=O)Nc1ccc(S(=O)(=O)NCC(=O)Nc2cccc(F)c2)cc1. The molecule has 26 heavy (non-hydrogen) atoms. The van der Waals surface area contributed by atoms with Crippen LogP contribution in [0.4, 0.5) is 15.8 Å². The number of hydrogen-bond acceptors (Lipinski definition) is 4. The van der Waals surface area contributed by atoms with Crippen LogP contribution in [0.15, 0.2) is 53.4 Å². The average molecular weight is 379 g/mol. The van der Waals surface area contributed by atoms with Crippen LogP contribution >= 0.6 is 0 Å². The summed E-state index contributed by atoms with van der Waals surface area (Å²) in [6.07, 6.45) is 0.308. The van der Waals surface area contributed by atoms with E-state index >= 15 is 0 Å². The molecule has 0 unspecified atom stereocenters. The van der Waals surface area contributed by atoms with Crippen molar-refractivity contribution >= 4 is 33.2 Å². The van der Waals surface area contributed by atoms with E-state index in [1.165, 1.54) is 42.5 Å². The molecule has 138 valence electrons. The van der Waals surface area contributed by atoms with Crippen molar-refractivity contribution < 1.29 is 22.4 Å². The molecule has 0 bridgehead atoms. The van der Waals surface area contributed by atoms with Gasteiger partial charge < -0.3 is 10.6 Å². The van der Waals surface area contributed by atoms with Gasteiger partial charge in [0.25, 0.3) is 0 Å². The van der Waals surface area contributed by atoms with Crippen molar-refractivity contribution in [2.24, 2.45) is 0 Å². The molecule has 3 N–H and O–H groups in total. The van der Waals surface area contributed by atoms with Gasteiger partial charge in [0.2, 0.25) is 21.8 Å². The summed E-state index contributed by atoms with van der Waals surface area (Å²) in [6, 6.07) is 10.8. The van der Waals surface area contributed by atoms with E-state index in [1.54, 1.807) is 6.92 Å².